The number of aromatic nitrogens is 2. The van der Waals surface area contributed by atoms with Crippen molar-refractivity contribution in [1.29, 1.82) is 0 Å². The number of benzene rings is 1. The Morgan fingerprint density at radius 2 is 2.04 bits per heavy atom. The first-order valence-electron chi connectivity index (χ1n) is 8.04. The molecule has 2 heterocycles. The van der Waals surface area contributed by atoms with E-state index in [1.807, 2.05) is 31.2 Å². The summed E-state index contributed by atoms with van der Waals surface area (Å²) in [5.74, 6) is 0.558. The van der Waals surface area contributed by atoms with E-state index in [9.17, 15) is 4.79 Å². The molecule has 1 aromatic heterocycles. The number of hydrogen-bond donors (Lipinski definition) is 1. The summed E-state index contributed by atoms with van der Waals surface area (Å²) in [5.41, 5.74) is 2.09. The van der Waals surface area contributed by atoms with Gasteiger partial charge in [-0.2, -0.15) is 4.98 Å². The number of rotatable bonds is 5. The molecule has 7 heteroatoms. The molecule has 3 rings (SSSR count). The number of carbonyl (C=O) groups excluding carboxylic acids is 1. The molecule has 1 aliphatic rings. The molecule has 1 aromatic carbocycles. The normalized spacial score (nSPS) is 20.1. The minimum atomic E-state index is -0.349. The van der Waals surface area contributed by atoms with Gasteiger partial charge in [0, 0.05) is 26.2 Å². The van der Waals surface area contributed by atoms with Gasteiger partial charge in [-0.15, -0.1) is 0 Å². The highest BCUT2D eigenvalue weighted by Crippen LogP contribution is 2.22. The number of nitrogens with one attached hydrogen (secondary N) is 1. The van der Waals surface area contributed by atoms with Crippen LogP contribution in [0, 0.1) is 6.92 Å². The zero-order chi connectivity index (χ0) is 17.1. The van der Waals surface area contributed by atoms with Crippen LogP contribution in [0.2, 0.25) is 0 Å². The topological polar surface area (TPSA) is 80.5 Å². The highest BCUT2D eigenvalue weighted by molar-refractivity contribution is 5.80. The molecular formula is C17H22N4O3. The summed E-state index contributed by atoms with van der Waals surface area (Å²) in [6, 6.07) is 8.29. The highest BCUT2D eigenvalue weighted by atomic mass is 16.5. The average Bonchev–Trinajstić information content (AvgIpc) is 3.22. The van der Waals surface area contributed by atoms with Gasteiger partial charge in [0.2, 0.25) is 5.82 Å². The fourth-order valence-corrected chi connectivity index (χ4v) is 2.64. The van der Waals surface area contributed by atoms with Crippen LogP contribution in [0.4, 0.5) is 6.01 Å². The van der Waals surface area contributed by atoms with Crippen LogP contribution in [-0.2, 0) is 9.53 Å². The van der Waals surface area contributed by atoms with Crippen molar-refractivity contribution in [3.05, 3.63) is 29.8 Å². The SMILES string of the molecule is Cc1ccc(-c2noc(NC[C@H]3CC[C@@H](C(=O)N(C)C)O3)n2)cc1. The number of likely N-dealkylation sites (N-methyl/N-ethyl adjacent to an activating group) is 1. The summed E-state index contributed by atoms with van der Waals surface area (Å²) in [5, 5.41) is 7.06. The molecule has 0 bridgehead atoms. The lowest BCUT2D eigenvalue weighted by molar-refractivity contribution is -0.140. The molecule has 2 aromatic rings. The van der Waals surface area contributed by atoms with Gasteiger partial charge in [0.05, 0.1) is 6.10 Å². The van der Waals surface area contributed by atoms with Crippen molar-refractivity contribution in [2.75, 3.05) is 26.0 Å². The predicted molar refractivity (Wildman–Crippen MR) is 89.5 cm³/mol. The largest absolute Gasteiger partial charge is 0.363 e. The molecule has 0 spiro atoms. The Bertz CT molecular complexity index is 696. The standard InChI is InChI=1S/C17H22N4O3/c1-11-4-6-12(7-5-11)15-19-17(24-20-15)18-10-13-8-9-14(23-13)16(22)21(2)3/h4-7,13-14H,8-10H2,1-3H3,(H,18,19,20)/t13-,14+/m1/s1. The van der Waals surface area contributed by atoms with Gasteiger partial charge in [-0.05, 0) is 19.8 Å². The third-order valence-corrected chi connectivity index (χ3v) is 4.04. The summed E-state index contributed by atoms with van der Waals surface area (Å²) >= 11 is 0. The van der Waals surface area contributed by atoms with Crippen molar-refractivity contribution in [1.82, 2.24) is 15.0 Å². The maximum atomic E-state index is 11.9. The van der Waals surface area contributed by atoms with Gasteiger partial charge >= 0.3 is 6.01 Å². The monoisotopic (exact) mass is 330 g/mol. The molecule has 0 aliphatic carbocycles. The second-order valence-electron chi connectivity index (χ2n) is 6.23. The molecule has 0 radical (unpaired) electrons. The lowest BCUT2D eigenvalue weighted by atomic mass is 10.1. The van der Waals surface area contributed by atoms with E-state index in [0.717, 1.165) is 18.4 Å². The first-order valence-corrected chi connectivity index (χ1v) is 8.04. The van der Waals surface area contributed by atoms with E-state index in [2.05, 4.69) is 15.5 Å². The number of nitrogens with zero attached hydrogens (tertiary/aromatic N) is 3. The first kappa shape index (κ1) is 16.4. The van der Waals surface area contributed by atoms with Crippen molar-refractivity contribution in [3.8, 4) is 11.4 Å². The van der Waals surface area contributed by atoms with Crippen molar-refractivity contribution in [2.24, 2.45) is 0 Å². The summed E-state index contributed by atoms with van der Waals surface area (Å²) < 4.78 is 11.0. The van der Waals surface area contributed by atoms with Crippen LogP contribution < -0.4 is 5.32 Å². The molecule has 2 atom stereocenters. The quantitative estimate of drug-likeness (QED) is 0.904. The van der Waals surface area contributed by atoms with Crippen molar-refractivity contribution in [3.63, 3.8) is 0 Å². The molecule has 1 N–H and O–H groups in total. The first-order chi connectivity index (χ1) is 11.5. The van der Waals surface area contributed by atoms with Crippen LogP contribution in [0.15, 0.2) is 28.8 Å². The van der Waals surface area contributed by atoms with Crippen molar-refractivity contribution >= 4 is 11.9 Å². The van der Waals surface area contributed by atoms with Gasteiger partial charge in [-0.1, -0.05) is 35.0 Å². The molecule has 1 amide bonds. The van der Waals surface area contributed by atoms with E-state index in [1.165, 1.54) is 5.56 Å². The Hall–Kier alpha value is -2.41. The van der Waals surface area contributed by atoms with Gasteiger partial charge in [0.25, 0.3) is 5.91 Å². The minimum absolute atomic E-state index is 0.0111. The van der Waals surface area contributed by atoms with E-state index >= 15 is 0 Å². The van der Waals surface area contributed by atoms with Gasteiger partial charge in [0.1, 0.15) is 6.10 Å². The average molecular weight is 330 g/mol. The molecule has 7 nitrogen and oxygen atoms in total. The lowest BCUT2D eigenvalue weighted by Crippen LogP contribution is -2.34. The third-order valence-electron chi connectivity index (χ3n) is 4.04. The van der Waals surface area contributed by atoms with Gasteiger partial charge in [-0.25, -0.2) is 0 Å². The maximum Gasteiger partial charge on any atom is 0.321 e. The molecule has 24 heavy (non-hydrogen) atoms. The van der Waals surface area contributed by atoms with E-state index in [-0.39, 0.29) is 18.1 Å². The fourth-order valence-electron chi connectivity index (χ4n) is 2.64. The number of hydrogen-bond acceptors (Lipinski definition) is 6. The zero-order valence-corrected chi connectivity index (χ0v) is 14.2. The zero-order valence-electron chi connectivity index (χ0n) is 14.2. The molecule has 0 saturated carbocycles. The fraction of sp³-hybridized carbons (Fsp3) is 0.471. The summed E-state index contributed by atoms with van der Waals surface area (Å²) in [6.07, 6.45) is 1.18. The van der Waals surface area contributed by atoms with Crippen molar-refractivity contribution < 1.29 is 14.1 Å². The second kappa shape index (κ2) is 7.00. The van der Waals surface area contributed by atoms with E-state index in [0.29, 0.717) is 18.4 Å². The predicted octanol–water partition coefficient (Wildman–Crippen LogP) is 2.09. The van der Waals surface area contributed by atoms with Crippen LogP contribution >= 0.6 is 0 Å². The smallest absolute Gasteiger partial charge is 0.321 e. The third kappa shape index (κ3) is 3.73. The molecule has 1 aliphatic heterocycles. The Kier molecular flexibility index (Phi) is 4.80. The summed E-state index contributed by atoms with van der Waals surface area (Å²) in [6.45, 7) is 2.57. The Labute approximate surface area is 141 Å². The van der Waals surface area contributed by atoms with E-state index < -0.39 is 0 Å². The Balaban J connectivity index is 1.53. The van der Waals surface area contributed by atoms with E-state index in [4.69, 9.17) is 9.26 Å². The minimum Gasteiger partial charge on any atom is -0.363 e. The maximum absolute atomic E-state index is 11.9. The van der Waals surface area contributed by atoms with Crippen molar-refractivity contribution in [2.45, 2.75) is 32.0 Å². The van der Waals surface area contributed by atoms with Gasteiger partial charge in [-0.3, -0.25) is 4.79 Å². The number of aryl methyl sites for hydroxylation is 1. The molecule has 1 fully saturated rings. The van der Waals surface area contributed by atoms with Crippen LogP contribution in [0.1, 0.15) is 18.4 Å². The number of carbonyl (C=O) groups is 1. The highest BCUT2D eigenvalue weighted by Gasteiger charge is 2.31. The number of anilines is 1. The number of amides is 1. The molecular weight excluding hydrogens is 308 g/mol. The lowest BCUT2D eigenvalue weighted by Gasteiger charge is -2.17. The van der Waals surface area contributed by atoms with Crippen LogP contribution in [0.5, 0.6) is 0 Å². The second-order valence-corrected chi connectivity index (χ2v) is 6.23. The van der Waals surface area contributed by atoms with E-state index in [1.54, 1.807) is 19.0 Å². The van der Waals surface area contributed by atoms with Gasteiger partial charge < -0.3 is 19.5 Å². The molecule has 128 valence electrons. The molecule has 0 unspecified atom stereocenters. The van der Waals surface area contributed by atoms with Crippen LogP contribution in [0.3, 0.4) is 0 Å². The van der Waals surface area contributed by atoms with Crippen LogP contribution in [0.25, 0.3) is 11.4 Å². The number of ether oxygens (including phenoxy) is 1. The summed E-state index contributed by atoms with van der Waals surface area (Å²) in [4.78, 5) is 17.8. The van der Waals surface area contributed by atoms with Crippen LogP contribution in [-0.4, -0.2) is 53.8 Å². The Morgan fingerprint density at radius 1 is 1.29 bits per heavy atom. The Morgan fingerprint density at radius 3 is 2.75 bits per heavy atom. The summed E-state index contributed by atoms with van der Waals surface area (Å²) in [7, 11) is 3.48. The van der Waals surface area contributed by atoms with Gasteiger partial charge in [0.15, 0.2) is 0 Å². The molecule has 1 saturated heterocycles.